The summed E-state index contributed by atoms with van der Waals surface area (Å²) >= 11 is 0. The van der Waals surface area contributed by atoms with E-state index in [9.17, 15) is 9.59 Å². The topological polar surface area (TPSA) is 53.1 Å². The van der Waals surface area contributed by atoms with Crippen molar-refractivity contribution in [3.8, 4) is 0 Å². The molecule has 6 nitrogen and oxygen atoms in total. The molecular weight excluding hydrogens is 342 g/mol. The van der Waals surface area contributed by atoms with E-state index in [1.807, 2.05) is 56.0 Å². The number of nitrogens with zero attached hydrogens (tertiary/aromatic N) is 3. The highest BCUT2D eigenvalue weighted by Crippen LogP contribution is 2.24. The molecule has 1 aromatic rings. The molecule has 0 N–H and O–H groups in total. The van der Waals surface area contributed by atoms with Gasteiger partial charge in [0.05, 0.1) is 0 Å². The third kappa shape index (κ3) is 5.70. The van der Waals surface area contributed by atoms with Crippen LogP contribution in [0.15, 0.2) is 30.3 Å². The Morgan fingerprint density at radius 3 is 2.00 bits per heavy atom. The third-order valence-electron chi connectivity index (χ3n) is 4.77. The summed E-state index contributed by atoms with van der Waals surface area (Å²) < 4.78 is 5.44. The molecule has 1 aliphatic heterocycles. The molecule has 0 bridgehead atoms. The molecule has 0 radical (unpaired) electrons. The quantitative estimate of drug-likeness (QED) is 0.793. The minimum atomic E-state index is -0.509. The molecule has 0 spiro atoms. The maximum Gasteiger partial charge on any atom is 0.410 e. The van der Waals surface area contributed by atoms with Gasteiger partial charge in [-0.05, 0) is 39.4 Å². The molecule has 0 aliphatic carbocycles. The number of piperazine rings is 1. The van der Waals surface area contributed by atoms with E-state index in [0.29, 0.717) is 26.2 Å². The summed E-state index contributed by atoms with van der Waals surface area (Å²) in [6.45, 7) is 13.4. The Hall–Kier alpha value is -2.08. The third-order valence-corrected chi connectivity index (χ3v) is 4.77. The van der Waals surface area contributed by atoms with Gasteiger partial charge in [0.25, 0.3) is 0 Å². The van der Waals surface area contributed by atoms with Crippen molar-refractivity contribution >= 4 is 12.0 Å². The zero-order valence-corrected chi connectivity index (χ0v) is 17.3. The first kappa shape index (κ1) is 21.2. The fourth-order valence-corrected chi connectivity index (χ4v) is 3.34. The average molecular weight is 376 g/mol. The molecule has 1 unspecified atom stereocenters. The molecule has 2 amide bonds. The molecule has 2 rings (SSSR count). The molecule has 1 aromatic carbocycles. The van der Waals surface area contributed by atoms with Crippen molar-refractivity contribution in [3.05, 3.63) is 35.9 Å². The maximum absolute atomic E-state index is 13.3. The first-order chi connectivity index (χ1) is 12.8. The number of carbonyl (C=O) groups excluding carboxylic acids is 2. The summed E-state index contributed by atoms with van der Waals surface area (Å²) in [6.07, 6.45) is -0.307. The van der Waals surface area contributed by atoms with Gasteiger partial charge in [-0.1, -0.05) is 44.2 Å². The van der Waals surface area contributed by atoms with Gasteiger partial charge >= 0.3 is 6.09 Å². The first-order valence-corrected chi connectivity index (χ1v) is 9.82. The van der Waals surface area contributed by atoms with Crippen molar-refractivity contribution in [3.63, 3.8) is 0 Å². The lowest BCUT2D eigenvalue weighted by atomic mass is 10.0. The number of carbonyl (C=O) groups is 2. The summed E-state index contributed by atoms with van der Waals surface area (Å²) in [5.74, 6) is 0.105. The number of amides is 2. The minimum Gasteiger partial charge on any atom is -0.444 e. The standard InChI is InChI=1S/C21H33N3O3/c1-6-22(7-2)18(17-11-9-8-10-12-17)19(25)23-13-15-24(16-14-23)20(26)27-21(3,4)5/h8-12,18H,6-7,13-16H2,1-5H3. The normalized spacial score (nSPS) is 16.4. The van der Waals surface area contributed by atoms with Crippen LogP contribution in [0.4, 0.5) is 4.79 Å². The van der Waals surface area contributed by atoms with Gasteiger partial charge in [0.15, 0.2) is 0 Å². The van der Waals surface area contributed by atoms with E-state index in [-0.39, 0.29) is 18.0 Å². The first-order valence-electron chi connectivity index (χ1n) is 9.82. The van der Waals surface area contributed by atoms with Crippen molar-refractivity contribution in [2.75, 3.05) is 39.3 Å². The van der Waals surface area contributed by atoms with Crippen LogP contribution in [0.1, 0.15) is 46.2 Å². The molecule has 1 atom stereocenters. The fourth-order valence-electron chi connectivity index (χ4n) is 3.34. The highest BCUT2D eigenvalue weighted by Gasteiger charge is 2.33. The smallest absolute Gasteiger partial charge is 0.410 e. The average Bonchev–Trinajstić information content (AvgIpc) is 2.65. The molecule has 1 aliphatic rings. The molecule has 150 valence electrons. The SMILES string of the molecule is CCN(CC)C(C(=O)N1CCN(C(=O)OC(C)(C)C)CC1)c1ccccc1. The lowest BCUT2D eigenvalue weighted by Crippen LogP contribution is -2.54. The van der Waals surface area contributed by atoms with E-state index in [2.05, 4.69) is 18.7 Å². The largest absolute Gasteiger partial charge is 0.444 e. The minimum absolute atomic E-state index is 0.105. The second kappa shape index (κ2) is 9.22. The summed E-state index contributed by atoms with van der Waals surface area (Å²) in [5.41, 5.74) is 0.506. The van der Waals surface area contributed by atoms with Crippen LogP contribution >= 0.6 is 0 Å². The van der Waals surface area contributed by atoms with Gasteiger partial charge in [0.2, 0.25) is 5.91 Å². The highest BCUT2D eigenvalue weighted by atomic mass is 16.6. The summed E-state index contributed by atoms with van der Waals surface area (Å²) in [7, 11) is 0. The second-order valence-electron chi connectivity index (χ2n) is 7.83. The van der Waals surface area contributed by atoms with Crippen molar-refractivity contribution in [2.24, 2.45) is 0 Å². The van der Waals surface area contributed by atoms with Crippen LogP contribution in [-0.2, 0) is 9.53 Å². The van der Waals surface area contributed by atoms with Crippen LogP contribution in [-0.4, -0.2) is 71.6 Å². The Morgan fingerprint density at radius 1 is 1.00 bits per heavy atom. The van der Waals surface area contributed by atoms with Crippen LogP contribution in [0, 0.1) is 0 Å². The Bertz CT molecular complexity index is 615. The van der Waals surface area contributed by atoms with E-state index in [4.69, 9.17) is 4.74 Å². The van der Waals surface area contributed by atoms with Gasteiger partial charge in [-0.3, -0.25) is 9.69 Å². The van der Waals surface area contributed by atoms with Gasteiger partial charge in [0.1, 0.15) is 11.6 Å². The van der Waals surface area contributed by atoms with Crippen LogP contribution in [0.3, 0.4) is 0 Å². The summed E-state index contributed by atoms with van der Waals surface area (Å²) in [5, 5.41) is 0. The molecule has 1 fully saturated rings. The molecule has 1 heterocycles. The molecule has 0 saturated carbocycles. The van der Waals surface area contributed by atoms with Crippen LogP contribution in [0.25, 0.3) is 0 Å². The van der Waals surface area contributed by atoms with Gasteiger partial charge in [-0.25, -0.2) is 4.79 Å². The number of benzene rings is 1. The number of rotatable bonds is 5. The van der Waals surface area contributed by atoms with Crippen LogP contribution in [0.2, 0.25) is 0 Å². The molecule has 6 heteroatoms. The van der Waals surface area contributed by atoms with E-state index in [0.717, 1.165) is 18.7 Å². The van der Waals surface area contributed by atoms with Crippen molar-refractivity contribution in [1.82, 2.24) is 14.7 Å². The van der Waals surface area contributed by atoms with Crippen LogP contribution in [0.5, 0.6) is 0 Å². The van der Waals surface area contributed by atoms with Crippen molar-refractivity contribution in [2.45, 2.75) is 46.3 Å². The van der Waals surface area contributed by atoms with Gasteiger partial charge in [0, 0.05) is 26.2 Å². The Kier molecular flexibility index (Phi) is 7.25. The number of hydrogen-bond acceptors (Lipinski definition) is 4. The predicted molar refractivity (Wildman–Crippen MR) is 106 cm³/mol. The van der Waals surface area contributed by atoms with E-state index < -0.39 is 5.60 Å². The van der Waals surface area contributed by atoms with Crippen molar-refractivity contribution < 1.29 is 14.3 Å². The van der Waals surface area contributed by atoms with E-state index in [1.165, 1.54) is 0 Å². The highest BCUT2D eigenvalue weighted by molar-refractivity contribution is 5.83. The lowest BCUT2D eigenvalue weighted by Gasteiger charge is -2.39. The molecule has 27 heavy (non-hydrogen) atoms. The second-order valence-corrected chi connectivity index (χ2v) is 7.83. The molecular formula is C21H33N3O3. The summed E-state index contributed by atoms with van der Waals surface area (Å²) in [4.78, 5) is 31.3. The zero-order valence-electron chi connectivity index (χ0n) is 17.3. The van der Waals surface area contributed by atoms with Gasteiger partial charge < -0.3 is 14.5 Å². The Morgan fingerprint density at radius 2 is 1.52 bits per heavy atom. The van der Waals surface area contributed by atoms with Crippen molar-refractivity contribution in [1.29, 1.82) is 0 Å². The number of likely N-dealkylation sites (N-methyl/N-ethyl adjacent to an activating group) is 1. The maximum atomic E-state index is 13.3. The Balaban J connectivity index is 2.06. The number of hydrogen-bond donors (Lipinski definition) is 0. The predicted octanol–water partition coefficient (Wildman–Crippen LogP) is 3.15. The lowest BCUT2D eigenvalue weighted by molar-refractivity contribution is -0.139. The van der Waals surface area contributed by atoms with Crippen LogP contribution < -0.4 is 0 Å². The van der Waals surface area contributed by atoms with E-state index in [1.54, 1.807) is 4.90 Å². The fraction of sp³-hybridized carbons (Fsp3) is 0.619. The summed E-state index contributed by atoms with van der Waals surface area (Å²) in [6, 6.07) is 9.65. The number of ether oxygens (including phenoxy) is 1. The molecule has 0 aromatic heterocycles. The Labute approximate surface area is 163 Å². The zero-order chi connectivity index (χ0) is 20.0. The van der Waals surface area contributed by atoms with E-state index >= 15 is 0 Å². The van der Waals surface area contributed by atoms with Gasteiger partial charge in [-0.2, -0.15) is 0 Å². The van der Waals surface area contributed by atoms with Gasteiger partial charge in [-0.15, -0.1) is 0 Å². The molecule has 1 saturated heterocycles. The monoisotopic (exact) mass is 375 g/mol.